The molecule has 0 spiro atoms. The number of ketones is 1. The standard InChI is InChI=1S/C16H14BrFO2S/c1-20-15-7-2-4-11(16(15)18)8-13(19)10-21-14-6-3-5-12(17)9-14/h2-7,9H,8,10H2,1H3. The highest BCUT2D eigenvalue weighted by atomic mass is 79.9. The van der Waals surface area contributed by atoms with E-state index in [9.17, 15) is 9.18 Å². The fraction of sp³-hybridized carbons (Fsp3) is 0.188. The first kappa shape index (κ1) is 16.0. The van der Waals surface area contributed by atoms with Crippen molar-refractivity contribution < 1.29 is 13.9 Å². The molecular weight excluding hydrogens is 355 g/mol. The summed E-state index contributed by atoms with van der Waals surface area (Å²) in [4.78, 5) is 13.0. The lowest BCUT2D eigenvalue weighted by molar-refractivity contribution is -0.116. The SMILES string of the molecule is COc1cccc(CC(=O)CSc2cccc(Br)c2)c1F. The summed E-state index contributed by atoms with van der Waals surface area (Å²) < 4.78 is 19.8. The summed E-state index contributed by atoms with van der Waals surface area (Å²) in [6.45, 7) is 0. The molecule has 2 aromatic carbocycles. The van der Waals surface area contributed by atoms with Gasteiger partial charge in [-0.05, 0) is 29.8 Å². The number of carbonyl (C=O) groups is 1. The van der Waals surface area contributed by atoms with E-state index in [-0.39, 0.29) is 18.0 Å². The van der Waals surface area contributed by atoms with Crippen LogP contribution in [-0.4, -0.2) is 18.6 Å². The second kappa shape index (κ2) is 7.61. The lowest BCUT2D eigenvalue weighted by Gasteiger charge is -2.07. The molecule has 0 aliphatic carbocycles. The van der Waals surface area contributed by atoms with Crippen molar-refractivity contribution in [1.29, 1.82) is 0 Å². The van der Waals surface area contributed by atoms with Gasteiger partial charge in [-0.25, -0.2) is 4.39 Å². The van der Waals surface area contributed by atoms with Crippen molar-refractivity contribution in [2.75, 3.05) is 12.9 Å². The van der Waals surface area contributed by atoms with Gasteiger partial charge in [0, 0.05) is 15.8 Å². The van der Waals surface area contributed by atoms with Crippen LogP contribution in [0.15, 0.2) is 51.8 Å². The molecule has 110 valence electrons. The highest BCUT2D eigenvalue weighted by Gasteiger charge is 2.12. The van der Waals surface area contributed by atoms with Gasteiger partial charge in [-0.3, -0.25) is 4.79 Å². The van der Waals surface area contributed by atoms with Gasteiger partial charge in [0.25, 0.3) is 0 Å². The highest BCUT2D eigenvalue weighted by molar-refractivity contribution is 9.10. The molecule has 0 saturated heterocycles. The van der Waals surface area contributed by atoms with Crippen LogP contribution in [0.25, 0.3) is 0 Å². The predicted molar refractivity (Wildman–Crippen MR) is 86.5 cm³/mol. The molecule has 2 nitrogen and oxygen atoms in total. The van der Waals surface area contributed by atoms with Crippen molar-refractivity contribution >= 4 is 33.5 Å². The van der Waals surface area contributed by atoms with E-state index in [4.69, 9.17) is 4.74 Å². The quantitative estimate of drug-likeness (QED) is 0.702. The van der Waals surface area contributed by atoms with Gasteiger partial charge in [-0.15, -0.1) is 11.8 Å². The molecule has 21 heavy (non-hydrogen) atoms. The van der Waals surface area contributed by atoms with Crippen LogP contribution in [0.3, 0.4) is 0 Å². The molecule has 5 heteroatoms. The Bertz CT molecular complexity index is 646. The van der Waals surface area contributed by atoms with Crippen molar-refractivity contribution in [1.82, 2.24) is 0 Å². The largest absolute Gasteiger partial charge is 0.494 e. The Balaban J connectivity index is 1.96. The maximum atomic E-state index is 14.0. The molecule has 0 aliphatic rings. The topological polar surface area (TPSA) is 26.3 Å². The van der Waals surface area contributed by atoms with E-state index in [1.54, 1.807) is 18.2 Å². The number of methoxy groups -OCH3 is 1. The van der Waals surface area contributed by atoms with E-state index in [2.05, 4.69) is 15.9 Å². The van der Waals surface area contributed by atoms with E-state index in [0.29, 0.717) is 11.3 Å². The minimum absolute atomic E-state index is 0.0212. The smallest absolute Gasteiger partial charge is 0.168 e. The summed E-state index contributed by atoms with van der Waals surface area (Å²) in [6, 6.07) is 12.6. The number of carbonyl (C=O) groups excluding carboxylic acids is 1. The molecule has 0 N–H and O–H groups in total. The lowest BCUT2D eigenvalue weighted by atomic mass is 10.1. The third kappa shape index (κ3) is 4.58. The fourth-order valence-corrected chi connectivity index (χ4v) is 3.20. The monoisotopic (exact) mass is 368 g/mol. The van der Waals surface area contributed by atoms with Crippen LogP contribution < -0.4 is 4.74 Å². The van der Waals surface area contributed by atoms with Gasteiger partial charge in [0.05, 0.1) is 12.9 Å². The van der Waals surface area contributed by atoms with Crippen LogP contribution in [0, 0.1) is 5.82 Å². The van der Waals surface area contributed by atoms with Gasteiger partial charge < -0.3 is 4.74 Å². The fourth-order valence-electron chi connectivity index (χ4n) is 1.83. The molecule has 0 fully saturated rings. The van der Waals surface area contributed by atoms with E-state index >= 15 is 0 Å². The van der Waals surface area contributed by atoms with Crippen molar-refractivity contribution in [2.45, 2.75) is 11.3 Å². The maximum absolute atomic E-state index is 14.0. The molecule has 0 saturated carbocycles. The normalized spacial score (nSPS) is 10.4. The van der Waals surface area contributed by atoms with Crippen LogP contribution in [0.5, 0.6) is 5.75 Å². The minimum atomic E-state index is -0.458. The summed E-state index contributed by atoms with van der Waals surface area (Å²) >= 11 is 4.83. The Morgan fingerprint density at radius 1 is 1.29 bits per heavy atom. The number of thioether (sulfide) groups is 1. The zero-order chi connectivity index (χ0) is 15.2. The first-order chi connectivity index (χ1) is 10.1. The molecule has 2 rings (SSSR count). The van der Waals surface area contributed by atoms with Crippen molar-refractivity contribution in [2.24, 2.45) is 0 Å². The van der Waals surface area contributed by atoms with Gasteiger partial charge in [-0.2, -0.15) is 0 Å². The third-order valence-corrected chi connectivity index (χ3v) is 4.39. The van der Waals surface area contributed by atoms with Gasteiger partial charge in [0.1, 0.15) is 5.78 Å². The summed E-state index contributed by atoms with van der Waals surface area (Å²) in [5.74, 6) is 0.000451. The van der Waals surface area contributed by atoms with Crippen LogP contribution in [0.2, 0.25) is 0 Å². The van der Waals surface area contributed by atoms with Crippen molar-refractivity contribution in [3.8, 4) is 5.75 Å². The van der Waals surface area contributed by atoms with Crippen LogP contribution in [0.1, 0.15) is 5.56 Å². The zero-order valence-corrected chi connectivity index (χ0v) is 13.8. The lowest BCUT2D eigenvalue weighted by Crippen LogP contribution is -2.07. The van der Waals surface area contributed by atoms with Crippen LogP contribution in [0.4, 0.5) is 4.39 Å². The number of hydrogen-bond donors (Lipinski definition) is 0. The van der Waals surface area contributed by atoms with E-state index < -0.39 is 5.82 Å². The van der Waals surface area contributed by atoms with Crippen molar-refractivity contribution in [3.63, 3.8) is 0 Å². The number of benzene rings is 2. The Kier molecular flexibility index (Phi) is 5.82. The molecule has 0 heterocycles. The molecule has 0 unspecified atom stereocenters. The molecule has 0 amide bonds. The molecule has 0 aromatic heterocycles. The first-order valence-electron chi connectivity index (χ1n) is 6.31. The van der Waals surface area contributed by atoms with Gasteiger partial charge in [0.2, 0.25) is 0 Å². The van der Waals surface area contributed by atoms with Gasteiger partial charge in [-0.1, -0.05) is 34.1 Å². The molecular formula is C16H14BrFO2S. The first-order valence-corrected chi connectivity index (χ1v) is 8.09. The number of hydrogen-bond acceptors (Lipinski definition) is 3. The Hall–Kier alpha value is -1.33. The van der Waals surface area contributed by atoms with Crippen molar-refractivity contribution in [3.05, 3.63) is 58.3 Å². The van der Waals surface area contributed by atoms with E-state index in [0.717, 1.165) is 9.37 Å². The Morgan fingerprint density at radius 2 is 2.05 bits per heavy atom. The zero-order valence-electron chi connectivity index (χ0n) is 11.4. The third-order valence-electron chi connectivity index (χ3n) is 2.85. The number of rotatable bonds is 6. The summed E-state index contributed by atoms with van der Waals surface area (Å²) in [7, 11) is 1.41. The molecule has 0 radical (unpaired) electrons. The second-order valence-corrected chi connectivity index (χ2v) is 6.36. The summed E-state index contributed by atoms with van der Waals surface area (Å²) in [5, 5.41) is 0. The van der Waals surface area contributed by atoms with Crippen LogP contribution >= 0.6 is 27.7 Å². The van der Waals surface area contributed by atoms with E-state index in [1.807, 2.05) is 24.3 Å². The second-order valence-electron chi connectivity index (χ2n) is 4.39. The number of halogens is 2. The highest BCUT2D eigenvalue weighted by Crippen LogP contribution is 2.24. The number of Topliss-reactive ketones (excluding diaryl/α,β-unsaturated/α-hetero) is 1. The Labute approximate surface area is 135 Å². The predicted octanol–water partition coefficient (Wildman–Crippen LogP) is 4.50. The molecule has 0 atom stereocenters. The summed E-state index contributed by atoms with van der Waals surface area (Å²) in [6.07, 6.45) is 0.0734. The van der Waals surface area contributed by atoms with Gasteiger partial charge in [0.15, 0.2) is 11.6 Å². The molecule has 0 bridgehead atoms. The maximum Gasteiger partial charge on any atom is 0.168 e. The Morgan fingerprint density at radius 3 is 2.76 bits per heavy atom. The summed E-state index contributed by atoms with van der Waals surface area (Å²) in [5.41, 5.74) is 0.370. The van der Waals surface area contributed by atoms with Crippen LogP contribution in [-0.2, 0) is 11.2 Å². The average molecular weight is 369 g/mol. The van der Waals surface area contributed by atoms with Gasteiger partial charge >= 0.3 is 0 Å². The molecule has 2 aromatic rings. The van der Waals surface area contributed by atoms with E-state index in [1.165, 1.54) is 18.9 Å². The average Bonchev–Trinajstić information content (AvgIpc) is 2.47. The number of ether oxygens (including phenoxy) is 1. The minimum Gasteiger partial charge on any atom is -0.494 e. The molecule has 0 aliphatic heterocycles.